The van der Waals surface area contributed by atoms with Crippen molar-refractivity contribution < 1.29 is 14.3 Å². The zero-order valence-corrected chi connectivity index (χ0v) is 13.4. The summed E-state index contributed by atoms with van der Waals surface area (Å²) in [6.45, 7) is 0.398. The molecule has 1 aliphatic rings. The van der Waals surface area contributed by atoms with Gasteiger partial charge in [-0.05, 0) is 34.5 Å². The average molecular weight is 332 g/mol. The Balaban J connectivity index is 1.52. The number of nitrogens with one attached hydrogen (secondary N) is 2. The van der Waals surface area contributed by atoms with Gasteiger partial charge in [-0.25, -0.2) is 0 Å². The molecule has 3 aromatic carbocycles. The minimum absolute atomic E-state index is 0.0319. The van der Waals surface area contributed by atoms with Crippen molar-refractivity contribution in [2.45, 2.75) is 6.54 Å². The first kappa shape index (κ1) is 15.2. The summed E-state index contributed by atoms with van der Waals surface area (Å²) < 4.78 is 5.33. The lowest BCUT2D eigenvalue weighted by atomic mass is 10.0. The van der Waals surface area contributed by atoms with E-state index in [-0.39, 0.29) is 18.4 Å². The summed E-state index contributed by atoms with van der Waals surface area (Å²) in [4.78, 5) is 24.0. The Morgan fingerprint density at radius 3 is 2.84 bits per heavy atom. The van der Waals surface area contributed by atoms with Gasteiger partial charge in [0.2, 0.25) is 0 Å². The lowest BCUT2D eigenvalue weighted by Gasteiger charge is -2.18. The van der Waals surface area contributed by atoms with E-state index >= 15 is 0 Å². The third kappa shape index (κ3) is 3.04. The second-order valence-electron chi connectivity index (χ2n) is 5.88. The Labute approximate surface area is 144 Å². The van der Waals surface area contributed by atoms with Crippen molar-refractivity contribution >= 4 is 28.3 Å². The summed E-state index contributed by atoms with van der Waals surface area (Å²) in [5.74, 6) is 0.336. The molecule has 0 saturated carbocycles. The third-order valence-electron chi connectivity index (χ3n) is 4.16. The van der Waals surface area contributed by atoms with Crippen LogP contribution in [-0.2, 0) is 11.3 Å². The number of hydrogen-bond acceptors (Lipinski definition) is 3. The molecule has 0 fully saturated rings. The van der Waals surface area contributed by atoms with E-state index in [1.807, 2.05) is 54.6 Å². The fourth-order valence-electron chi connectivity index (χ4n) is 2.94. The number of carbonyl (C=O) groups excluding carboxylic acids is 2. The fraction of sp³-hybridized carbons (Fsp3) is 0.100. The molecule has 4 rings (SSSR count). The molecule has 2 amide bonds. The van der Waals surface area contributed by atoms with Crippen LogP contribution in [-0.4, -0.2) is 18.4 Å². The number of fused-ring (bicyclic) bond motifs is 2. The van der Waals surface area contributed by atoms with E-state index in [4.69, 9.17) is 4.74 Å². The molecule has 0 atom stereocenters. The van der Waals surface area contributed by atoms with Gasteiger partial charge in [0.1, 0.15) is 5.75 Å². The van der Waals surface area contributed by atoms with Crippen LogP contribution >= 0.6 is 0 Å². The van der Waals surface area contributed by atoms with Gasteiger partial charge in [-0.2, -0.15) is 0 Å². The maximum Gasteiger partial charge on any atom is 0.262 e. The molecular weight excluding hydrogens is 316 g/mol. The molecule has 1 heterocycles. The molecule has 0 aliphatic carbocycles. The van der Waals surface area contributed by atoms with Crippen molar-refractivity contribution in [3.8, 4) is 5.75 Å². The summed E-state index contributed by atoms with van der Waals surface area (Å²) in [5.41, 5.74) is 2.17. The van der Waals surface area contributed by atoms with E-state index in [0.717, 1.165) is 16.3 Å². The lowest BCUT2D eigenvalue weighted by Crippen LogP contribution is -2.26. The SMILES string of the molecule is O=C1COc2ccc(CNC(=O)c3cccc4ccccc34)cc2N1. The monoisotopic (exact) mass is 332 g/mol. The van der Waals surface area contributed by atoms with Crippen LogP contribution in [0.5, 0.6) is 5.75 Å². The number of carbonyl (C=O) groups is 2. The van der Waals surface area contributed by atoms with Crippen molar-refractivity contribution in [3.05, 3.63) is 71.8 Å². The van der Waals surface area contributed by atoms with Crippen LogP contribution in [0.3, 0.4) is 0 Å². The number of rotatable bonds is 3. The molecule has 124 valence electrons. The molecule has 1 aliphatic heterocycles. The molecule has 0 aromatic heterocycles. The molecule has 0 spiro atoms. The molecule has 0 radical (unpaired) electrons. The molecule has 25 heavy (non-hydrogen) atoms. The molecule has 0 saturated heterocycles. The van der Waals surface area contributed by atoms with E-state index in [9.17, 15) is 9.59 Å². The lowest BCUT2D eigenvalue weighted by molar-refractivity contribution is -0.118. The molecule has 2 N–H and O–H groups in total. The number of anilines is 1. The first-order valence-corrected chi connectivity index (χ1v) is 8.02. The average Bonchev–Trinajstić information content (AvgIpc) is 2.65. The predicted molar refractivity (Wildman–Crippen MR) is 95.7 cm³/mol. The highest BCUT2D eigenvalue weighted by atomic mass is 16.5. The Bertz CT molecular complexity index is 976. The maximum absolute atomic E-state index is 12.6. The summed E-state index contributed by atoms with van der Waals surface area (Å²) in [6, 6.07) is 19.0. The minimum Gasteiger partial charge on any atom is -0.482 e. The molecular formula is C20H16N2O3. The topological polar surface area (TPSA) is 67.4 Å². The van der Waals surface area contributed by atoms with Gasteiger partial charge in [0, 0.05) is 12.1 Å². The zero-order chi connectivity index (χ0) is 17.2. The highest BCUT2D eigenvalue weighted by molar-refractivity contribution is 6.07. The highest BCUT2D eigenvalue weighted by Crippen LogP contribution is 2.28. The van der Waals surface area contributed by atoms with Crippen LogP contribution in [0.25, 0.3) is 10.8 Å². The molecule has 0 unspecified atom stereocenters. The van der Waals surface area contributed by atoms with Gasteiger partial charge in [0.15, 0.2) is 6.61 Å². The van der Waals surface area contributed by atoms with Crippen molar-refractivity contribution in [3.63, 3.8) is 0 Å². The van der Waals surface area contributed by atoms with E-state index < -0.39 is 0 Å². The molecule has 0 bridgehead atoms. The molecule has 3 aromatic rings. The zero-order valence-electron chi connectivity index (χ0n) is 13.4. The van der Waals surface area contributed by atoms with Crippen LogP contribution in [0, 0.1) is 0 Å². The first-order chi connectivity index (χ1) is 12.2. The summed E-state index contributed by atoms with van der Waals surface area (Å²) in [7, 11) is 0. The second-order valence-corrected chi connectivity index (χ2v) is 5.88. The second kappa shape index (κ2) is 6.28. The van der Waals surface area contributed by atoms with E-state index in [2.05, 4.69) is 10.6 Å². The smallest absolute Gasteiger partial charge is 0.262 e. The predicted octanol–water partition coefficient (Wildman–Crippen LogP) is 3.10. The van der Waals surface area contributed by atoms with E-state index in [1.54, 1.807) is 6.07 Å². The standard InChI is InChI=1S/C20H16N2O3/c23-19-12-25-18-9-8-13(10-17(18)22-19)11-21-20(24)16-7-3-5-14-4-1-2-6-15(14)16/h1-10H,11-12H2,(H,21,24)(H,22,23). The normalized spacial score (nSPS) is 12.9. The highest BCUT2D eigenvalue weighted by Gasteiger charge is 2.16. The van der Waals surface area contributed by atoms with Crippen molar-refractivity contribution in [2.75, 3.05) is 11.9 Å². The van der Waals surface area contributed by atoms with Gasteiger partial charge >= 0.3 is 0 Å². The molecule has 5 nitrogen and oxygen atoms in total. The Morgan fingerprint density at radius 2 is 1.92 bits per heavy atom. The number of benzene rings is 3. The van der Waals surface area contributed by atoms with Gasteiger partial charge in [-0.1, -0.05) is 42.5 Å². The van der Waals surface area contributed by atoms with E-state index in [0.29, 0.717) is 23.5 Å². The van der Waals surface area contributed by atoms with Gasteiger partial charge in [0.05, 0.1) is 5.69 Å². The van der Waals surface area contributed by atoms with Crippen molar-refractivity contribution in [1.29, 1.82) is 0 Å². The van der Waals surface area contributed by atoms with Crippen molar-refractivity contribution in [1.82, 2.24) is 5.32 Å². The van der Waals surface area contributed by atoms with Crippen LogP contribution in [0.15, 0.2) is 60.7 Å². The fourth-order valence-corrected chi connectivity index (χ4v) is 2.94. The Hall–Kier alpha value is -3.34. The third-order valence-corrected chi connectivity index (χ3v) is 4.16. The minimum atomic E-state index is -0.176. The molecule has 5 heteroatoms. The van der Waals surface area contributed by atoms with Crippen LogP contribution in [0.1, 0.15) is 15.9 Å². The van der Waals surface area contributed by atoms with Crippen LogP contribution < -0.4 is 15.4 Å². The van der Waals surface area contributed by atoms with Gasteiger partial charge < -0.3 is 15.4 Å². The summed E-state index contributed by atoms with van der Waals surface area (Å²) in [6.07, 6.45) is 0. The van der Waals surface area contributed by atoms with Gasteiger partial charge in [-0.3, -0.25) is 9.59 Å². The number of ether oxygens (including phenoxy) is 1. The summed E-state index contributed by atoms with van der Waals surface area (Å²) >= 11 is 0. The Kier molecular flexibility index (Phi) is 3.82. The number of amides is 2. The largest absolute Gasteiger partial charge is 0.482 e. The number of hydrogen-bond donors (Lipinski definition) is 2. The van der Waals surface area contributed by atoms with Crippen molar-refractivity contribution in [2.24, 2.45) is 0 Å². The van der Waals surface area contributed by atoms with Gasteiger partial charge in [-0.15, -0.1) is 0 Å². The van der Waals surface area contributed by atoms with Crippen LogP contribution in [0.2, 0.25) is 0 Å². The Morgan fingerprint density at radius 1 is 1.08 bits per heavy atom. The van der Waals surface area contributed by atoms with Gasteiger partial charge in [0.25, 0.3) is 11.8 Å². The van der Waals surface area contributed by atoms with E-state index in [1.165, 1.54) is 0 Å². The van der Waals surface area contributed by atoms with Crippen LogP contribution in [0.4, 0.5) is 5.69 Å². The first-order valence-electron chi connectivity index (χ1n) is 8.02. The summed E-state index contributed by atoms with van der Waals surface area (Å²) in [5, 5.41) is 7.66. The quantitative estimate of drug-likeness (QED) is 0.774. The maximum atomic E-state index is 12.6.